The highest BCUT2D eigenvalue weighted by atomic mass is 16.2. The van der Waals surface area contributed by atoms with Gasteiger partial charge in [-0.25, -0.2) is 0 Å². The van der Waals surface area contributed by atoms with Gasteiger partial charge in [0.05, 0.1) is 0 Å². The third-order valence-corrected chi connectivity index (χ3v) is 5.91. The lowest BCUT2D eigenvalue weighted by Crippen LogP contribution is -2.62. The zero-order valence-corrected chi connectivity index (χ0v) is 13.7. The van der Waals surface area contributed by atoms with E-state index in [1.807, 2.05) is 0 Å². The fourth-order valence-corrected chi connectivity index (χ4v) is 4.19. The number of carbonyl (C=O) groups is 1. The molecule has 0 aromatic carbocycles. The molecule has 3 aliphatic heterocycles. The molecule has 0 bridgehead atoms. The number of carbonyl (C=O) groups excluding carboxylic acids is 1. The summed E-state index contributed by atoms with van der Waals surface area (Å²) in [6.07, 6.45) is 5.56. The van der Waals surface area contributed by atoms with Crippen molar-refractivity contribution in [1.82, 2.24) is 15.1 Å². The standard InChI is InChI=1S/C17H31N3O/c1-14(2)20-12-17(13-20)5-9-19(10-6-17)16(21)11-15-3-7-18-8-4-15/h14-15,18H,3-13H2,1-2H3. The maximum atomic E-state index is 12.5. The first-order chi connectivity index (χ1) is 10.1. The maximum Gasteiger partial charge on any atom is 0.222 e. The Labute approximate surface area is 129 Å². The Morgan fingerprint density at radius 1 is 1.19 bits per heavy atom. The van der Waals surface area contributed by atoms with Crippen LogP contribution in [-0.2, 0) is 4.79 Å². The molecular weight excluding hydrogens is 262 g/mol. The minimum atomic E-state index is 0.414. The number of amides is 1. The van der Waals surface area contributed by atoms with E-state index >= 15 is 0 Å². The minimum Gasteiger partial charge on any atom is -0.343 e. The molecule has 0 radical (unpaired) electrons. The van der Waals surface area contributed by atoms with E-state index < -0.39 is 0 Å². The average molecular weight is 293 g/mol. The van der Waals surface area contributed by atoms with Crippen molar-refractivity contribution in [2.75, 3.05) is 39.3 Å². The van der Waals surface area contributed by atoms with Gasteiger partial charge in [0, 0.05) is 38.6 Å². The summed E-state index contributed by atoms with van der Waals surface area (Å²) in [5.74, 6) is 1.03. The second-order valence-electron chi connectivity index (χ2n) is 7.78. The van der Waals surface area contributed by atoms with E-state index in [1.54, 1.807) is 0 Å². The average Bonchev–Trinajstić information content (AvgIpc) is 2.45. The van der Waals surface area contributed by atoms with Crippen molar-refractivity contribution in [1.29, 1.82) is 0 Å². The highest BCUT2D eigenvalue weighted by Gasteiger charge is 2.45. The Bertz CT molecular complexity index is 360. The van der Waals surface area contributed by atoms with Gasteiger partial charge in [-0.3, -0.25) is 9.69 Å². The molecule has 3 aliphatic rings. The Kier molecular flexibility index (Phi) is 4.55. The minimum absolute atomic E-state index is 0.414. The zero-order chi connectivity index (χ0) is 14.9. The summed E-state index contributed by atoms with van der Waals surface area (Å²) in [4.78, 5) is 17.2. The second-order valence-corrected chi connectivity index (χ2v) is 7.78. The van der Waals surface area contributed by atoms with Crippen molar-refractivity contribution < 1.29 is 4.79 Å². The molecule has 3 fully saturated rings. The third kappa shape index (κ3) is 3.42. The van der Waals surface area contributed by atoms with Crippen molar-refractivity contribution in [3.05, 3.63) is 0 Å². The van der Waals surface area contributed by atoms with E-state index in [0.29, 0.717) is 23.3 Å². The Morgan fingerprint density at radius 2 is 1.81 bits per heavy atom. The molecule has 1 N–H and O–H groups in total. The lowest BCUT2D eigenvalue weighted by atomic mass is 9.71. The van der Waals surface area contributed by atoms with Gasteiger partial charge in [0.1, 0.15) is 0 Å². The van der Waals surface area contributed by atoms with E-state index in [0.717, 1.165) is 32.6 Å². The monoisotopic (exact) mass is 293 g/mol. The SMILES string of the molecule is CC(C)N1CC2(CCN(C(=O)CC3CCNCC3)CC2)C1. The normalized spacial score (nSPS) is 27.1. The van der Waals surface area contributed by atoms with E-state index in [2.05, 4.69) is 29.0 Å². The smallest absolute Gasteiger partial charge is 0.222 e. The molecule has 1 spiro atoms. The fourth-order valence-electron chi connectivity index (χ4n) is 4.19. The Balaban J connectivity index is 1.42. The van der Waals surface area contributed by atoms with Crippen LogP contribution in [0.3, 0.4) is 0 Å². The van der Waals surface area contributed by atoms with Crippen LogP contribution in [0.15, 0.2) is 0 Å². The predicted molar refractivity (Wildman–Crippen MR) is 85.2 cm³/mol. The Hall–Kier alpha value is -0.610. The van der Waals surface area contributed by atoms with Gasteiger partial charge < -0.3 is 10.2 Å². The molecule has 0 saturated carbocycles. The number of hydrogen-bond acceptors (Lipinski definition) is 3. The summed E-state index contributed by atoms with van der Waals surface area (Å²) in [5.41, 5.74) is 0.538. The lowest BCUT2D eigenvalue weighted by molar-refractivity contribution is -0.138. The van der Waals surface area contributed by atoms with Gasteiger partial charge in [0.25, 0.3) is 0 Å². The molecule has 0 aliphatic carbocycles. The van der Waals surface area contributed by atoms with Crippen LogP contribution in [0.1, 0.15) is 46.0 Å². The van der Waals surface area contributed by atoms with Crippen LogP contribution < -0.4 is 5.32 Å². The van der Waals surface area contributed by atoms with E-state index in [9.17, 15) is 4.79 Å². The molecular formula is C17H31N3O. The molecule has 0 aromatic heterocycles. The van der Waals surface area contributed by atoms with Crippen molar-refractivity contribution in [2.24, 2.45) is 11.3 Å². The molecule has 21 heavy (non-hydrogen) atoms. The van der Waals surface area contributed by atoms with Crippen LogP contribution in [0, 0.1) is 11.3 Å². The maximum absolute atomic E-state index is 12.5. The van der Waals surface area contributed by atoms with E-state index in [4.69, 9.17) is 0 Å². The summed E-state index contributed by atoms with van der Waals surface area (Å²) in [7, 11) is 0. The van der Waals surface area contributed by atoms with Crippen LogP contribution in [0.4, 0.5) is 0 Å². The highest BCUT2D eigenvalue weighted by Crippen LogP contribution is 2.41. The molecule has 0 aromatic rings. The quantitative estimate of drug-likeness (QED) is 0.860. The van der Waals surface area contributed by atoms with E-state index in [1.165, 1.54) is 38.8 Å². The van der Waals surface area contributed by atoms with Gasteiger partial charge in [0.2, 0.25) is 5.91 Å². The molecule has 3 saturated heterocycles. The number of hydrogen-bond donors (Lipinski definition) is 1. The summed E-state index contributed by atoms with van der Waals surface area (Å²) in [5, 5.41) is 3.38. The van der Waals surface area contributed by atoms with Gasteiger partial charge >= 0.3 is 0 Å². The molecule has 0 unspecified atom stereocenters. The van der Waals surface area contributed by atoms with Crippen molar-refractivity contribution in [3.8, 4) is 0 Å². The molecule has 1 amide bonds. The topological polar surface area (TPSA) is 35.6 Å². The number of likely N-dealkylation sites (tertiary alicyclic amines) is 2. The third-order valence-electron chi connectivity index (χ3n) is 5.91. The van der Waals surface area contributed by atoms with Crippen molar-refractivity contribution in [3.63, 3.8) is 0 Å². The van der Waals surface area contributed by atoms with E-state index in [-0.39, 0.29) is 0 Å². The number of nitrogens with one attached hydrogen (secondary N) is 1. The fraction of sp³-hybridized carbons (Fsp3) is 0.941. The first-order valence-electron chi connectivity index (χ1n) is 8.81. The van der Waals surface area contributed by atoms with Gasteiger partial charge in [-0.1, -0.05) is 0 Å². The van der Waals surface area contributed by atoms with Gasteiger partial charge in [-0.15, -0.1) is 0 Å². The molecule has 0 atom stereocenters. The van der Waals surface area contributed by atoms with Gasteiger partial charge in [-0.2, -0.15) is 0 Å². The number of nitrogens with zero attached hydrogens (tertiary/aromatic N) is 2. The number of piperidine rings is 2. The van der Waals surface area contributed by atoms with Crippen LogP contribution in [0.2, 0.25) is 0 Å². The van der Waals surface area contributed by atoms with Crippen LogP contribution in [0.25, 0.3) is 0 Å². The molecule has 3 rings (SSSR count). The van der Waals surface area contributed by atoms with Gasteiger partial charge in [-0.05, 0) is 64.0 Å². The summed E-state index contributed by atoms with van der Waals surface area (Å²) in [6, 6.07) is 0.676. The molecule has 120 valence electrons. The number of rotatable bonds is 3. The zero-order valence-electron chi connectivity index (χ0n) is 13.7. The van der Waals surface area contributed by atoms with Crippen LogP contribution >= 0.6 is 0 Å². The molecule has 4 heteroatoms. The summed E-state index contributed by atoms with van der Waals surface area (Å²) in [6.45, 7) is 11.2. The summed E-state index contributed by atoms with van der Waals surface area (Å²) >= 11 is 0. The first-order valence-corrected chi connectivity index (χ1v) is 8.81. The largest absolute Gasteiger partial charge is 0.343 e. The Morgan fingerprint density at radius 3 is 2.38 bits per heavy atom. The van der Waals surface area contributed by atoms with Crippen LogP contribution in [0.5, 0.6) is 0 Å². The first kappa shape index (κ1) is 15.3. The van der Waals surface area contributed by atoms with Crippen LogP contribution in [-0.4, -0.2) is 61.0 Å². The lowest BCUT2D eigenvalue weighted by Gasteiger charge is -2.55. The highest BCUT2D eigenvalue weighted by molar-refractivity contribution is 5.76. The van der Waals surface area contributed by atoms with Crippen molar-refractivity contribution >= 4 is 5.91 Å². The second kappa shape index (κ2) is 6.25. The predicted octanol–water partition coefficient (Wildman–Crippen LogP) is 1.71. The van der Waals surface area contributed by atoms with Gasteiger partial charge in [0.15, 0.2) is 0 Å². The molecule has 4 nitrogen and oxygen atoms in total. The summed E-state index contributed by atoms with van der Waals surface area (Å²) < 4.78 is 0. The van der Waals surface area contributed by atoms with Crippen molar-refractivity contribution in [2.45, 2.75) is 52.0 Å². The molecule has 3 heterocycles.